The number of piperidine rings is 1. The van der Waals surface area contributed by atoms with Crippen LogP contribution in [0.4, 0.5) is 0 Å². The largest absolute Gasteiger partial charge is 0.493 e. The van der Waals surface area contributed by atoms with Crippen LogP contribution in [-0.4, -0.2) is 45.4 Å². The Morgan fingerprint density at radius 3 is 2.58 bits per heavy atom. The quantitative estimate of drug-likeness (QED) is 0.580. The first kappa shape index (κ1) is 23.8. The number of halogens is 1. The van der Waals surface area contributed by atoms with E-state index in [4.69, 9.17) is 21.1 Å². The van der Waals surface area contributed by atoms with Crippen LogP contribution < -0.4 is 14.8 Å². The van der Waals surface area contributed by atoms with Gasteiger partial charge < -0.3 is 14.8 Å². The highest BCUT2D eigenvalue weighted by Gasteiger charge is 2.31. The van der Waals surface area contributed by atoms with E-state index in [2.05, 4.69) is 5.32 Å². The van der Waals surface area contributed by atoms with Gasteiger partial charge in [0.05, 0.1) is 18.1 Å². The average Bonchev–Trinajstić information content (AvgIpc) is 3.21. The van der Waals surface area contributed by atoms with Crippen LogP contribution in [-0.2, 0) is 21.4 Å². The fraction of sp³-hybridized carbons (Fsp3) is 0.476. The van der Waals surface area contributed by atoms with E-state index in [1.54, 1.807) is 13.2 Å². The van der Waals surface area contributed by atoms with Gasteiger partial charge in [-0.25, -0.2) is 8.42 Å². The average molecular weight is 487 g/mol. The molecule has 0 spiro atoms. The number of rotatable bonds is 9. The lowest BCUT2D eigenvalue weighted by Crippen LogP contribution is -2.39. The Bertz CT molecular complexity index is 1000. The molecule has 7 nitrogen and oxygen atoms in total. The summed E-state index contributed by atoms with van der Waals surface area (Å²) in [6.45, 7) is 3.67. The third kappa shape index (κ3) is 6.12. The molecule has 0 saturated carbocycles. The van der Waals surface area contributed by atoms with E-state index in [0.29, 0.717) is 61.3 Å². The second-order valence-electron chi connectivity index (χ2n) is 7.31. The van der Waals surface area contributed by atoms with Gasteiger partial charge in [-0.1, -0.05) is 17.7 Å². The van der Waals surface area contributed by atoms with Crippen LogP contribution in [0.15, 0.2) is 34.5 Å². The predicted molar refractivity (Wildman–Crippen MR) is 121 cm³/mol. The van der Waals surface area contributed by atoms with Crippen LogP contribution >= 0.6 is 22.9 Å². The lowest BCUT2D eigenvalue weighted by Gasteiger charge is -2.30. The molecule has 0 aliphatic carbocycles. The molecule has 1 aliphatic heterocycles. The summed E-state index contributed by atoms with van der Waals surface area (Å²) in [6, 6.07) is 8.72. The van der Waals surface area contributed by atoms with Gasteiger partial charge in [0.25, 0.3) is 10.0 Å². The number of hydrogen-bond donors (Lipinski definition) is 1. The number of benzene rings is 1. The van der Waals surface area contributed by atoms with E-state index in [0.717, 1.165) is 16.9 Å². The molecule has 0 atom stereocenters. The van der Waals surface area contributed by atoms with Crippen molar-refractivity contribution in [2.75, 3.05) is 26.8 Å². The Balaban J connectivity index is 1.47. The Kier molecular flexibility index (Phi) is 8.21. The summed E-state index contributed by atoms with van der Waals surface area (Å²) in [4.78, 5) is 12.4. The van der Waals surface area contributed by atoms with Gasteiger partial charge in [0.2, 0.25) is 5.91 Å². The second-order valence-corrected chi connectivity index (χ2v) is 11.2. The van der Waals surface area contributed by atoms with E-state index in [9.17, 15) is 13.2 Å². The summed E-state index contributed by atoms with van der Waals surface area (Å²) < 4.78 is 38.4. The van der Waals surface area contributed by atoms with Crippen LogP contribution in [0.5, 0.6) is 11.5 Å². The maximum absolute atomic E-state index is 12.7. The fourth-order valence-electron chi connectivity index (χ4n) is 3.55. The number of nitrogens with one attached hydrogen (secondary N) is 1. The van der Waals surface area contributed by atoms with Gasteiger partial charge in [-0.2, -0.15) is 4.31 Å². The molecule has 1 fully saturated rings. The van der Waals surface area contributed by atoms with Gasteiger partial charge in [0, 0.05) is 26.1 Å². The zero-order valence-electron chi connectivity index (χ0n) is 17.6. The number of thiophene rings is 1. The van der Waals surface area contributed by atoms with Crippen molar-refractivity contribution in [3.05, 3.63) is 40.2 Å². The second kappa shape index (κ2) is 10.7. The van der Waals surface area contributed by atoms with Crippen molar-refractivity contribution in [1.29, 1.82) is 0 Å². The molecule has 1 aromatic carbocycles. The van der Waals surface area contributed by atoms with E-state index in [-0.39, 0.29) is 16.0 Å². The van der Waals surface area contributed by atoms with Crippen molar-refractivity contribution >= 4 is 38.9 Å². The standard InChI is InChI=1S/C21H27ClN2O5S2/c1-3-29-17-5-4-16(12-18(17)28-2)14-23-20(25)13-15-8-10-24(11-9-15)31(26,27)21-7-6-19(22)30-21/h4-7,12,15H,3,8-11,13-14H2,1-2H3,(H,23,25). The first-order valence-electron chi connectivity index (χ1n) is 10.2. The van der Waals surface area contributed by atoms with Gasteiger partial charge in [-0.3, -0.25) is 4.79 Å². The van der Waals surface area contributed by atoms with Crippen molar-refractivity contribution < 1.29 is 22.7 Å². The smallest absolute Gasteiger partial charge is 0.252 e. The lowest BCUT2D eigenvalue weighted by atomic mass is 9.94. The SMILES string of the molecule is CCOc1ccc(CNC(=O)CC2CCN(S(=O)(=O)c3ccc(Cl)s3)CC2)cc1OC. The number of nitrogens with zero attached hydrogens (tertiary/aromatic N) is 1. The van der Waals surface area contributed by atoms with E-state index >= 15 is 0 Å². The highest BCUT2D eigenvalue weighted by molar-refractivity contribution is 7.91. The molecule has 2 heterocycles. The van der Waals surface area contributed by atoms with Gasteiger partial charge >= 0.3 is 0 Å². The van der Waals surface area contributed by atoms with Crippen LogP contribution in [0.25, 0.3) is 0 Å². The van der Waals surface area contributed by atoms with Crippen molar-refractivity contribution in [3.8, 4) is 11.5 Å². The first-order valence-corrected chi connectivity index (χ1v) is 12.8. The molecule has 31 heavy (non-hydrogen) atoms. The molecule has 0 unspecified atom stereocenters. The van der Waals surface area contributed by atoms with E-state index in [1.165, 1.54) is 10.4 Å². The molecule has 1 aliphatic rings. The van der Waals surface area contributed by atoms with Gasteiger partial charge in [0.1, 0.15) is 4.21 Å². The minimum Gasteiger partial charge on any atom is -0.493 e. The molecule has 170 valence electrons. The van der Waals surface area contributed by atoms with Gasteiger partial charge in [-0.15, -0.1) is 11.3 Å². The molecule has 0 radical (unpaired) electrons. The van der Waals surface area contributed by atoms with Gasteiger partial charge in [0.15, 0.2) is 11.5 Å². The highest BCUT2D eigenvalue weighted by Crippen LogP contribution is 2.31. The molecular weight excluding hydrogens is 460 g/mol. The van der Waals surface area contributed by atoms with Crippen molar-refractivity contribution in [2.24, 2.45) is 5.92 Å². The summed E-state index contributed by atoms with van der Waals surface area (Å²) in [5.41, 5.74) is 0.921. The number of methoxy groups -OCH3 is 1. The molecule has 1 amide bonds. The Hall–Kier alpha value is -1.81. The molecule has 10 heteroatoms. The topological polar surface area (TPSA) is 84.9 Å². The Labute approximate surface area is 192 Å². The molecule has 0 bridgehead atoms. The summed E-state index contributed by atoms with van der Waals surface area (Å²) in [5.74, 6) is 1.42. The summed E-state index contributed by atoms with van der Waals surface area (Å²) in [7, 11) is -1.93. The number of sulfonamides is 1. The van der Waals surface area contributed by atoms with Crippen LogP contribution in [0.2, 0.25) is 4.34 Å². The fourth-order valence-corrected chi connectivity index (χ4v) is 6.66. The zero-order valence-corrected chi connectivity index (χ0v) is 20.0. The molecular formula is C21H27ClN2O5S2. The number of carbonyl (C=O) groups is 1. The van der Waals surface area contributed by atoms with Crippen molar-refractivity contribution in [2.45, 2.75) is 36.9 Å². The molecule has 3 rings (SSSR count). The van der Waals surface area contributed by atoms with Gasteiger partial charge in [-0.05, 0) is 55.5 Å². The Morgan fingerprint density at radius 1 is 1.23 bits per heavy atom. The number of amides is 1. The molecule has 1 N–H and O–H groups in total. The minimum atomic E-state index is -3.51. The summed E-state index contributed by atoms with van der Waals surface area (Å²) in [5, 5.41) is 2.94. The maximum Gasteiger partial charge on any atom is 0.252 e. The first-order chi connectivity index (χ1) is 14.8. The third-order valence-electron chi connectivity index (χ3n) is 5.21. The molecule has 1 aromatic heterocycles. The van der Waals surface area contributed by atoms with Crippen molar-refractivity contribution in [3.63, 3.8) is 0 Å². The van der Waals surface area contributed by atoms with Crippen LogP contribution in [0, 0.1) is 5.92 Å². The maximum atomic E-state index is 12.7. The monoisotopic (exact) mass is 486 g/mol. The van der Waals surface area contributed by atoms with E-state index < -0.39 is 10.0 Å². The predicted octanol–water partition coefficient (Wildman–Crippen LogP) is 3.92. The Morgan fingerprint density at radius 2 is 1.97 bits per heavy atom. The van der Waals surface area contributed by atoms with E-state index in [1.807, 2.05) is 25.1 Å². The summed E-state index contributed by atoms with van der Waals surface area (Å²) in [6.07, 6.45) is 1.69. The third-order valence-corrected chi connectivity index (χ3v) is 8.81. The molecule has 2 aromatic rings. The lowest BCUT2D eigenvalue weighted by molar-refractivity contribution is -0.122. The normalized spacial score (nSPS) is 15.6. The number of ether oxygens (including phenoxy) is 2. The van der Waals surface area contributed by atoms with Crippen LogP contribution in [0.3, 0.4) is 0 Å². The summed E-state index contributed by atoms with van der Waals surface area (Å²) >= 11 is 6.94. The minimum absolute atomic E-state index is 0.0424. The zero-order chi connectivity index (χ0) is 22.4. The number of carbonyl (C=O) groups excluding carboxylic acids is 1. The van der Waals surface area contributed by atoms with Crippen molar-refractivity contribution in [1.82, 2.24) is 9.62 Å². The van der Waals surface area contributed by atoms with Crippen LogP contribution in [0.1, 0.15) is 31.7 Å². The molecule has 1 saturated heterocycles. The number of hydrogen-bond acceptors (Lipinski definition) is 6. The highest BCUT2D eigenvalue weighted by atomic mass is 35.5.